The van der Waals surface area contributed by atoms with Crippen molar-refractivity contribution in [1.29, 1.82) is 0 Å². The molecule has 0 aliphatic heterocycles. The highest BCUT2D eigenvalue weighted by atomic mass is 16.1. The minimum atomic E-state index is 0.0557. The van der Waals surface area contributed by atoms with E-state index in [0.29, 0.717) is 5.56 Å². The zero-order chi connectivity index (χ0) is 13.2. The van der Waals surface area contributed by atoms with E-state index in [2.05, 4.69) is 12.6 Å². The smallest absolute Gasteiger partial charge is 0.193 e. The van der Waals surface area contributed by atoms with Gasteiger partial charge >= 0.3 is 0 Å². The van der Waals surface area contributed by atoms with E-state index < -0.39 is 0 Å². The third kappa shape index (κ3) is 2.04. The summed E-state index contributed by atoms with van der Waals surface area (Å²) in [6.45, 7) is 4.09. The second-order valence-electron chi connectivity index (χ2n) is 4.65. The standard InChI is InChI=1S/C18H14O/c1-13-16-10-6-5-7-14(16)11-12-17(13)18(19)15-8-3-2-4-9-15/h2-10,12H,1,11H2. The Morgan fingerprint density at radius 3 is 2.42 bits per heavy atom. The van der Waals surface area contributed by atoms with Crippen LogP contribution in [0, 0.1) is 0 Å². The summed E-state index contributed by atoms with van der Waals surface area (Å²) in [6.07, 6.45) is 2.78. The highest BCUT2D eigenvalue weighted by Gasteiger charge is 2.20. The van der Waals surface area contributed by atoms with Crippen LogP contribution in [0.1, 0.15) is 21.5 Å². The lowest BCUT2D eigenvalue weighted by atomic mass is 9.84. The van der Waals surface area contributed by atoms with Crippen LogP contribution in [0.15, 0.2) is 72.8 Å². The number of hydrogen-bond donors (Lipinski definition) is 0. The summed E-state index contributed by atoms with van der Waals surface area (Å²) >= 11 is 0. The van der Waals surface area contributed by atoms with Crippen molar-refractivity contribution in [2.24, 2.45) is 0 Å². The molecule has 0 atom stereocenters. The molecular formula is C18H14O. The molecule has 1 heteroatoms. The maximum atomic E-state index is 12.5. The molecule has 1 aliphatic carbocycles. The van der Waals surface area contributed by atoms with Gasteiger partial charge in [-0.05, 0) is 23.1 Å². The second kappa shape index (κ2) is 4.69. The average Bonchev–Trinajstić information content (AvgIpc) is 2.48. The summed E-state index contributed by atoms with van der Waals surface area (Å²) in [5.41, 5.74) is 4.59. The summed E-state index contributed by atoms with van der Waals surface area (Å²) in [5.74, 6) is 0.0557. The molecule has 2 aromatic rings. The van der Waals surface area contributed by atoms with Gasteiger partial charge in [-0.2, -0.15) is 0 Å². The Labute approximate surface area is 112 Å². The van der Waals surface area contributed by atoms with Gasteiger partial charge in [-0.25, -0.2) is 0 Å². The maximum Gasteiger partial charge on any atom is 0.193 e. The predicted octanol–water partition coefficient (Wildman–Crippen LogP) is 4.07. The highest BCUT2D eigenvalue weighted by Crippen LogP contribution is 2.31. The van der Waals surface area contributed by atoms with Crippen molar-refractivity contribution in [3.63, 3.8) is 0 Å². The van der Waals surface area contributed by atoms with E-state index in [1.54, 1.807) is 0 Å². The zero-order valence-electron chi connectivity index (χ0n) is 10.6. The fourth-order valence-corrected chi connectivity index (χ4v) is 2.45. The van der Waals surface area contributed by atoms with Crippen molar-refractivity contribution >= 4 is 11.4 Å². The minimum absolute atomic E-state index is 0.0557. The van der Waals surface area contributed by atoms with Gasteiger partial charge in [0.15, 0.2) is 5.78 Å². The van der Waals surface area contributed by atoms with Crippen LogP contribution in [0.2, 0.25) is 0 Å². The van der Waals surface area contributed by atoms with Gasteiger partial charge in [-0.15, -0.1) is 0 Å². The number of carbonyl (C=O) groups is 1. The average molecular weight is 246 g/mol. The quantitative estimate of drug-likeness (QED) is 0.730. The molecule has 0 saturated carbocycles. The summed E-state index contributed by atoms with van der Waals surface area (Å²) in [5, 5.41) is 0. The van der Waals surface area contributed by atoms with E-state index >= 15 is 0 Å². The predicted molar refractivity (Wildman–Crippen MR) is 78.0 cm³/mol. The normalized spacial score (nSPS) is 13.7. The summed E-state index contributed by atoms with van der Waals surface area (Å²) in [4.78, 5) is 12.5. The molecule has 0 N–H and O–H groups in total. The fourth-order valence-electron chi connectivity index (χ4n) is 2.45. The van der Waals surface area contributed by atoms with Gasteiger partial charge in [0.05, 0.1) is 0 Å². The Hall–Kier alpha value is -2.41. The van der Waals surface area contributed by atoms with E-state index in [1.807, 2.05) is 54.6 Å². The van der Waals surface area contributed by atoms with E-state index in [0.717, 1.165) is 23.1 Å². The number of allylic oxidation sites excluding steroid dienone is 3. The molecule has 1 nitrogen and oxygen atoms in total. The van der Waals surface area contributed by atoms with Gasteiger partial charge in [0.2, 0.25) is 0 Å². The van der Waals surface area contributed by atoms with Crippen molar-refractivity contribution in [3.05, 3.63) is 89.5 Å². The largest absolute Gasteiger partial charge is 0.289 e. The van der Waals surface area contributed by atoms with Crippen molar-refractivity contribution < 1.29 is 4.79 Å². The molecule has 0 amide bonds. The van der Waals surface area contributed by atoms with E-state index in [9.17, 15) is 4.79 Å². The minimum Gasteiger partial charge on any atom is -0.289 e. The van der Waals surface area contributed by atoms with Crippen LogP contribution in [-0.4, -0.2) is 5.78 Å². The molecule has 0 heterocycles. The van der Waals surface area contributed by atoms with E-state index in [4.69, 9.17) is 0 Å². The molecule has 19 heavy (non-hydrogen) atoms. The van der Waals surface area contributed by atoms with E-state index in [1.165, 1.54) is 5.56 Å². The van der Waals surface area contributed by atoms with Crippen LogP contribution in [0.25, 0.3) is 5.57 Å². The molecule has 0 radical (unpaired) electrons. The molecule has 0 spiro atoms. The molecule has 0 aromatic heterocycles. The molecule has 0 bridgehead atoms. The lowest BCUT2D eigenvalue weighted by Gasteiger charge is -2.18. The van der Waals surface area contributed by atoms with Crippen LogP contribution >= 0.6 is 0 Å². The van der Waals surface area contributed by atoms with Gasteiger partial charge < -0.3 is 0 Å². The Morgan fingerprint density at radius 1 is 0.947 bits per heavy atom. The Morgan fingerprint density at radius 2 is 1.63 bits per heavy atom. The van der Waals surface area contributed by atoms with Gasteiger partial charge in [0.1, 0.15) is 0 Å². The van der Waals surface area contributed by atoms with Gasteiger partial charge in [-0.1, -0.05) is 67.3 Å². The molecule has 0 unspecified atom stereocenters. The lowest BCUT2D eigenvalue weighted by Crippen LogP contribution is -2.10. The first-order valence-corrected chi connectivity index (χ1v) is 6.35. The van der Waals surface area contributed by atoms with Crippen LogP contribution in [0.4, 0.5) is 0 Å². The number of ketones is 1. The van der Waals surface area contributed by atoms with Crippen molar-refractivity contribution in [2.45, 2.75) is 6.42 Å². The number of benzene rings is 2. The molecule has 92 valence electrons. The molecule has 0 saturated heterocycles. The Bertz CT molecular complexity index is 678. The third-order valence-electron chi connectivity index (χ3n) is 3.47. The SMILES string of the molecule is C=C1C(C(=O)c2ccccc2)=CCc2ccccc21. The number of hydrogen-bond acceptors (Lipinski definition) is 1. The zero-order valence-corrected chi connectivity index (χ0v) is 10.6. The van der Waals surface area contributed by atoms with Crippen molar-refractivity contribution in [3.8, 4) is 0 Å². The number of rotatable bonds is 2. The summed E-state index contributed by atoms with van der Waals surface area (Å²) < 4.78 is 0. The Balaban J connectivity index is 1.99. The van der Waals surface area contributed by atoms with Crippen molar-refractivity contribution in [1.82, 2.24) is 0 Å². The van der Waals surface area contributed by atoms with Crippen LogP contribution in [0.5, 0.6) is 0 Å². The van der Waals surface area contributed by atoms with E-state index in [-0.39, 0.29) is 5.78 Å². The van der Waals surface area contributed by atoms with Crippen LogP contribution in [0.3, 0.4) is 0 Å². The molecular weight excluding hydrogens is 232 g/mol. The first-order valence-electron chi connectivity index (χ1n) is 6.35. The number of Topliss-reactive ketones (excluding diaryl/α,β-unsaturated/α-hetero) is 1. The van der Waals surface area contributed by atoms with Gasteiger partial charge in [-0.3, -0.25) is 4.79 Å². The molecule has 0 fully saturated rings. The Kier molecular flexibility index (Phi) is 2.88. The highest BCUT2D eigenvalue weighted by molar-refractivity contribution is 6.19. The number of fused-ring (bicyclic) bond motifs is 1. The summed E-state index contributed by atoms with van der Waals surface area (Å²) in [7, 11) is 0. The van der Waals surface area contributed by atoms with Crippen LogP contribution in [-0.2, 0) is 6.42 Å². The third-order valence-corrected chi connectivity index (χ3v) is 3.47. The first-order chi connectivity index (χ1) is 9.27. The second-order valence-corrected chi connectivity index (χ2v) is 4.65. The number of carbonyl (C=O) groups excluding carboxylic acids is 1. The topological polar surface area (TPSA) is 17.1 Å². The molecule has 3 rings (SSSR count). The summed E-state index contributed by atoms with van der Waals surface area (Å²) in [6, 6.07) is 17.5. The fraction of sp³-hybridized carbons (Fsp3) is 0.0556. The monoisotopic (exact) mass is 246 g/mol. The van der Waals surface area contributed by atoms with Gasteiger partial charge in [0, 0.05) is 11.1 Å². The molecule has 1 aliphatic rings. The molecule has 2 aromatic carbocycles. The maximum absolute atomic E-state index is 12.5. The van der Waals surface area contributed by atoms with Crippen molar-refractivity contribution in [2.75, 3.05) is 0 Å². The van der Waals surface area contributed by atoms with Gasteiger partial charge in [0.25, 0.3) is 0 Å². The first kappa shape index (κ1) is 11.7. The van der Waals surface area contributed by atoms with Crippen LogP contribution < -0.4 is 0 Å². The lowest BCUT2D eigenvalue weighted by molar-refractivity contribution is 0.103.